The van der Waals surface area contributed by atoms with Crippen molar-refractivity contribution in [3.05, 3.63) is 0 Å². The van der Waals surface area contributed by atoms with Crippen LogP contribution in [0.25, 0.3) is 0 Å². The van der Waals surface area contributed by atoms with Crippen LogP contribution in [0.1, 0.15) is 32.1 Å². The van der Waals surface area contributed by atoms with Crippen molar-refractivity contribution >= 4 is 0 Å². The Labute approximate surface area is 95.7 Å². The summed E-state index contributed by atoms with van der Waals surface area (Å²) in [6, 6.07) is 0. The lowest BCUT2D eigenvalue weighted by atomic mass is 9.67. The van der Waals surface area contributed by atoms with Crippen LogP contribution in [0.2, 0.25) is 0 Å². The summed E-state index contributed by atoms with van der Waals surface area (Å²) in [6.45, 7) is 0. The van der Waals surface area contributed by atoms with Gasteiger partial charge in [-0.05, 0) is 55.3 Å². The highest BCUT2D eigenvalue weighted by Crippen LogP contribution is 2.70. The number of epoxide rings is 1. The average molecular weight is 218 g/mol. The van der Waals surface area contributed by atoms with Gasteiger partial charge in [0.2, 0.25) is 0 Å². The summed E-state index contributed by atoms with van der Waals surface area (Å²) in [5.41, 5.74) is 0.384. The molecule has 9 unspecified atom stereocenters. The van der Waals surface area contributed by atoms with Crippen LogP contribution in [0.5, 0.6) is 0 Å². The summed E-state index contributed by atoms with van der Waals surface area (Å²) in [5.74, 6) is 4.70. The van der Waals surface area contributed by atoms with Crippen molar-refractivity contribution in [1.29, 1.82) is 0 Å². The van der Waals surface area contributed by atoms with Crippen molar-refractivity contribution in [2.45, 2.75) is 56.0 Å². The van der Waals surface area contributed by atoms with E-state index in [1.165, 1.54) is 32.1 Å². The summed E-state index contributed by atoms with van der Waals surface area (Å²) in [6.07, 6.45) is 9.34. The molecule has 1 spiro atoms. The zero-order valence-electron chi connectivity index (χ0n) is 9.47. The molecule has 0 N–H and O–H groups in total. The highest BCUT2D eigenvalue weighted by molar-refractivity contribution is 5.21. The Kier molecular flexibility index (Phi) is 1.07. The van der Waals surface area contributed by atoms with Gasteiger partial charge in [-0.3, -0.25) is 0 Å². The van der Waals surface area contributed by atoms with Crippen molar-refractivity contribution in [3.8, 4) is 0 Å². The van der Waals surface area contributed by atoms with Gasteiger partial charge in [-0.15, -0.1) is 0 Å². The van der Waals surface area contributed by atoms with E-state index in [0.717, 1.165) is 29.6 Å². The minimum Gasteiger partial charge on any atom is -0.371 e. The smallest absolute Gasteiger partial charge is 0.0875 e. The monoisotopic (exact) mass is 218 g/mol. The van der Waals surface area contributed by atoms with E-state index in [9.17, 15) is 0 Å². The minimum atomic E-state index is 0.384. The zero-order chi connectivity index (χ0) is 10.1. The Balaban J connectivity index is 1.37. The maximum Gasteiger partial charge on any atom is 0.0875 e. The number of fused-ring (bicyclic) bond motifs is 5. The summed E-state index contributed by atoms with van der Waals surface area (Å²) < 4.78 is 12.0. The molecule has 9 atom stereocenters. The largest absolute Gasteiger partial charge is 0.371 e. The molecule has 0 aromatic rings. The fourth-order valence-corrected chi connectivity index (χ4v) is 6.45. The van der Waals surface area contributed by atoms with E-state index in [2.05, 4.69) is 0 Å². The van der Waals surface area contributed by atoms with Crippen molar-refractivity contribution in [1.82, 2.24) is 0 Å². The van der Waals surface area contributed by atoms with E-state index < -0.39 is 0 Å². The lowest BCUT2D eigenvalue weighted by Crippen LogP contribution is -2.54. The SMILES string of the molecule is C1C2CC(C3CC4CC35CC4O5)C1C1OC21. The van der Waals surface area contributed by atoms with Crippen LogP contribution < -0.4 is 0 Å². The third kappa shape index (κ3) is 0.669. The van der Waals surface area contributed by atoms with Gasteiger partial charge in [0.15, 0.2) is 0 Å². The Morgan fingerprint density at radius 1 is 0.875 bits per heavy atom. The van der Waals surface area contributed by atoms with E-state index in [1.807, 2.05) is 0 Å². The Hall–Kier alpha value is -0.0800. The fourth-order valence-electron chi connectivity index (χ4n) is 6.45. The first-order chi connectivity index (χ1) is 7.84. The van der Waals surface area contributed by atoms with E-state index in [4.69, 9.17) is 9.47 Å². The van der Waals surface area contributed by atoms with E-state index in [1.54, 1.807) is 0 Å². The Morgan fingerprint density at radius 3 is 2.38 bits per heavy atom. The first-order valence-electron chi connectivity index (χ1n) is 7.17. The average Bonchev–Trinajstić information content (AvgIpc) is 2.68. The maximum atomic E-state index is 6.18. The van der Waals surface area contributed by atoms with Gasteiger partial charge in [-0.1, -0.05) is 0 Å². The van der Waals surface area contributed by atoms with Crippen molar-refractivity contribution < 1.29 is 9.47 Å². The molecule has 3 saturated heterocycles. The predicted octanol–water partition coefficient (Wildman–Crippen LogP) is 1.98. The van der Waals surface area contributed by atoms with E-state index >= 15 is 0 Å². The van der Waals surface area contributed by atoms with Gasteiger partial charge in [0, 0.05) is 6.42 Å². The second kappa shape index (κ2) is 2.12. The van der Waals surface area contributed by atoms with Gasteiger partial charge >= 0.3 is 0 Å². The molecule has 86 valence electrons. The second-order valence-electron chi connectivity index (χ2n) is 7.36. The molecule has 2 nitrogen and oxygen atoms in total. The van der Waals surface area contributed by atoms with Crippen molar-refractivity contribution in [2.75, 3.05) is 0 Å². The fraction of sp³-hybridized carbons (Fsp3) is 1.00. The highest BCUT2D eigenvalue weighted by atomic mass is 16.6. The molecule has 3 heterocycles. The summed E-state index contributed by atoms with van der Waals surface area (Å²) in [5, 5.41) is 0. The van der Waals surface area contributed by atoms with E-state index in [-0.39, 0.29) is 0 Å². The van der Waals surface area contributed by atoms with Gasteiger partial charge in [-0.25, -0.2) is 0 Å². The third-order valence-corrected chi connectivity index (χ3v) is 6.96. The molecule has 0 radical (unpaired) electrons. The molecule has 2 heteroatoms. The molecule has 7 aliphatic rings. The van der Waals surface area contributed by atoms with Crippen LogP contribution in [0, 0.1) is 29.6 Å². The molecule has 5 bridgehead atoms. The molecular formula is C14H18O2. The molecule has 0 aromatic carbocycles. The van der Waals surface area contributed by atoms with Gasteiger partial charge < -0.3 is 9.47 Å². The van der Waals surface area contributed by atoms with Crippen LogP contribution in [-0.2, 0) is 9.47 Å². The third-order valence-electron chi connectivity index (χ3n) is 6.96. The molecule has 3 aliphatic heterocycles. The normalized spacial score (nSPS) is 76.5. The Bertz CT molecular complexity index is 386. The van der Waals surface area contributed by atoms with Crippen molar-refractivity contribution in [2.24, 2.45) is 29.6 Å². The Morgan fingerprint density at radius 2 is 1.75 bits per heavy atom. The first-order valence-corrected chi connectivity index (χ1v) is 7.17. The summed E-state index contributed by atoms with van der Waals surface area (Å²) >= 11 is 0. The number of rotatable bonds is 1. The number of hydrogen-bond donors (Lipinski definition) is 0. The predicted molar refractivity (Wildman–Crippen MR) is 56.8 cm³/mol. The standard InChI is InChI=1S/C14H18O2/c1-6-2-9(13-12(6)15-13)8(1)10-3-7-4-14(10)5-11(7)16-14/h6-13H,1-5H2. The minimum absolute atomic E-state index is 0.384. The van der Waals surface area contributed by atoms with Gasteiger partial charge in [0.05, 0.1) is 23.9 Å². The van der Waals surface area contributed by atoms with Crippen LogP contribution >= 0.6 is 0 Å². The lowest BCUT2D eigenvalue weighted by Gasteiger charge is -2.51. The zero-order valence-corrected chi connectivity index (χ0v) is 9.47. The van der Waals surface area contributed by atoms with Crippen LogP contribution in [0.4, 0.5) is 0 Å². The molecule has 7 rings (SSSR count). The number of hydrogen-bond acceptors (Lipinski definition) is 2. The lowest BCUT2D eigenvalue weighted by molar-refractivity contribution is -0.222. The molecule has 4 aliphatic carbocycles. The first kappa shape index (κ1) is 8.10. The summed E-state index contributed by atoms with van der Waals surface area (Å²) in [7, 11) is 0. The molecule has 7 fully saturated rings. The van der Waals surface area contributed by atoms with Gasteiger partial charge in [0.1, 0.15) is 0 Å². The highest BCUT2D eigenvalue weighted by Gasteiger charge is 2.72. The molecule has 4 saturated carbocycles. The molecule has 0 aromatic heterocycles. The van der Waals surface area contributed by atoms with Gasteiger partial charge in [-0.2, -0.15) is 0 Å². The van der Waals surface area contributed by atoms with Gasteiger partial charge in [0.25, 0.3) is 0 Å². The van der Waals surface area contributed by atoms with Crippen molar-refractivity contribution in [3.63, 3.8) is 0 Å². The topological polar surface area (TPSA) is 21.8 Å². The maximum absolute atomic E-state index is 6.18. The molecular weight excluding hydrogens is 200 g/mol. The van der Waals surface area contributed by atoms with Crippen LogP contribution in [-0.4, -0.2) is 23.9 Å². The molecule has 0 amide bonds. The number of ether oxygens (including phenoxy) is 2. The van der Waals surface area contributed by atoms with Crippen LogP contribution in [0.15, 0.2) is 0 Å². The summed E-state index contributed by atoms with van der Waals surface area (Å²) in [4.78, 5) is 0. The molecule has 16 heavy (non-hydrogen) atoms. The van der Waals surface area contributed by atoms with E-state index in [0.29, 0.717) is 23.9 Å². The second-order valence-corrected chi connectivity index (χ2v) is 7.36. The van der Waals surface area contributed by atoms with Crippen LogP contribution in [0.3, 0.4) is 0 Å². The quantitative estimate of drug-likeness (QED) is 0.628.